The zero-order valence-corrected chi connectivity index (χ0v) is 18.4. The molecule has 3 rings (SSSR count). The highest BCUT2D eigenvalue weighted by Gasteiger charge is 2.37. The van der Waals surface area contributed by atoms with E-state index < -0.39 is 11.9 Å². The van der Waals surface area contributed by atoms with E-state index in [-0.39, 0.29) is 11.6 Å². The molecule has 1 aromatic carbocycles. The number of fused-ring (bicyclic) bond motifs is 1. The summed E-state index contributed by atoms with van der Waals surface area (Å²) in [5, 5.41) is 6.55. The summed E-state index contributed by atoms with van der Waals surface area (Å²) in [4.78, 5) is 26.3. The van der Waals surface area contributed by atoms with Crippen LogP contribution < -0.4 is 5.32 Å². The molecule has 0 spiro atoms. The lowest BCUT2D eigenvalue weighted by Gasteiger charge is -2.30. The molecule has 2 aromatic rings. The molecule has 30 heavy (non-hydrogen) atoms. The van der Waals surface area contributed by atoms with Gasteiger partial charge in [0.05, 0.1) is 0 Å². The van der Waals surface area contributed by atoms with Crippen molar-refractivity contribution in [1.82, 2.24) is 9.46 Å². The van der Waals surface area contributed by atoms with Gasteiger partial charge in [0.25, 0.3) is 5.91 Å². The van der Waals surface area contributed by atoms with Gasteiger partial charge in [-0.3, -0.25) is 9.59 Å². The number of unbranched alkanes of at least 4 members (excludes halogenated alkanes) is 5. The number of hydrogen-bond acceptors (Lipinski definition) is 7. The van der Waals surface area contributed by atoms with E-state index in [9.17, 15) is 9.59 Å². The van der Waals surface area contributed by atoms with Gasteiger partial charge in [0, 0.05) is 23.1 Å². The zero-order valence-electron chi connectivity index (χ0n) is 17.6. The first-order valence-corrected chi connectivity index (χ1v) is 11.3. The van der Waals surface area contributed by atoms with Crippen molar-refractivity contribution >= 4 is 29.5 Å². The van der Waals surface area contributed by atoms with E-state index in [2.05, 4.69) is 17.4 Å². The summed E-state index contributed by atoms with van der Waals surface area (Å²) in [6, 6.07) is 8.00. The third-order valence-electron chi connectivity index (χ3n) is 4.95. The van der Waals surface area contributed by atoms with Gasteiger partial charge in [-0.2, -0.15) is 0 Å². The number of anilines is 1. The number of ether oxygens (including phenoxy) is 1. The van der Waals surface area contributed by atoms with E-state index in [1.54, 1.807) is 29.6 Å². The Bertz CT molecular complexity index is 854. The van der Waals surface area contributed by atoms with Crippen LogP contribution in [0.5, 0.6) is 0 Å². The standard InChI is InChI=1S/C22H29N3O4S/c1-3-4-5-6-7-10-13-28-15-16-14-19(24-29-16)23-22(27)20-21(26)17-11-8-9-12-18(17)30-25(20)2/h8-9,11-12,14,20H,3-7,10,13,15H2,1-2H3,(H,23,24,27). The SMILES string of the molecule is CCCCCCCCOCc1cc(NC(=O)C2C(=O)c3ccccc3SN2C)no1. The Kier molecular flexibility index (Phi) is 8.48. The normalized spacial score (nSPS) is 16.5. The molecule has 2 heterocycles. The first-order chi connectivity index (χ1) is 14.6. The van der Waals surface area contributed by atoms with Gasteiger partial charge >= 0.3 is 0 Å². The second kappa shape index (κ2) is 11.3. The lowest BCUT2D eigenvalue weighted by Crippen LogP contribution is -2.46. The number of benzene rings is 1. The van der Waals surface area contributed by atoms with Crippen molar-refractivity contribution in [2.24, 2.45) is 0 Å². The topological polar surface area (TPSA) is 84.7 Å². The smallest absolute Gasteiger partial charge is 0.251 e. The number of rotatable bonds is 11. The molecule has 1 amide bonds. The van der Waals surface area contributed by atoms with E-state index >= 15 is 0 Å². The first-order valence-electron chi connectivity index (χ1n) is 10.5. The highest BCUT2D eigenvalue weighted by atomic mass is 32.2. The monoisotopic (exact) mass is 431 g/mol. The Hall–Kier alpha value is -2.16. The van der Waals surface area contributed by atoms with E-state index in [1.807, 2.05) is 12.1 Å². The molecule has 0 fully saturated rings. The molecule has 1 aliphatic heterocycles. The van der Waals surface area contributed by atoms with Crippen molar-refractivity contribution in [3.63, 3.8) is 0 Å². The van der Waals surface area contributed by atoms with Crippen molar-refractivity contribution in [3.8, 4) is 0 Å². The molecule has 0 saturated heterocycles. The lowest BCUT2D eigenvalue weighted by molar-refractivity contribution is -0.118. The fourth-order valence-electron chi connectivity index (χ4n) is 3.35. The Morgan fingerprint density at radius 2 is 2.00 bits per heavy atom. The second-order valence-corrected chi connectivity index (χ2v) is 8.59. The largest absolute Gasteiger partial charge is 0.373 e. The van der Waals surface area contributed by atoms with Gasteiger partial charge in [-0.05, 0) is 31.5 Å². The Morgan fingerprint density at radius 3 is 2.83 bits per heavy atom. The number of Topliss-reactive ketones (excluding diaryl/α,β-unsaturated/α-hetero) is 1. The van der Waals surface area contributed by atoms with Crippen molar-refractivity contribution in [2.75, 3.05) is 19.0 Å². The molecule has 0 aliphatic carbocycles. The number of carbonyl (C=O) groups excluding carboxylic acids is 2. The maximum absolute atomic E-state index is 12.8. The van der Waals surface area contributed by atoms with E-state index in [1.165, 1.54) is 44.1 Å². The van der Waals surface area contributed by atoms with E-state index in [0.29, 0.717) is 24.5 Å². The molecule has 1 unspecified atom stereocenters. The second-order valence-electron chi connectivity index (χ2n) is 7.39. The summed E-state index contributed by atoms with van der Waals surface area (Å²) < 4.78 is 12.5. The van der Waals surface area contributed by atoms with Crippen molar-refractivity contribution < 1.29 is 18.8 Å². The molecule has 1 aliphatic rings. The number of nitrogens with zero attached hydrogens (tertiary/aromatic N) is 2. The maximum atomic E-state index is 12.8. The summed E-state index contributed by atoms with van der Waals surface area (Å²) in [5.41, 5.74) is 0.560. The van der Waals surface area contributed by atoms with Crippen LogP contribution >= 0.6 is 11.9 Å². The van der Waals surface area contributed by atoms with Crippen LogP contribution in [0.3, 0.4) is 0 Å². The molecule has 7 nitrogen and oxygen atoms in total. The predicted octanol–water partition coefficient (Wildman–Crippen LogP) is 4.69. The van der Waals surface area contributed by atoms with Crippen LogP contribution in [-0.4, -0.2) is 40.8 Å². The van der Waals surface area contributed by atoms with Gasteiger partial charge in [0.2, 0.25) is 0 Å². The number of carbonyl (C=O) groups is 2. The quantitative estimate of drug-likeness (QED) is 0.314. The Morgan fingerprint density at radius 1 is 1.23 bits per heavy atom. The number of amides is 1. The number of likely N-dealkylation sites (N-methyl/N-ethyl adjacent to an activating group) is 1. The van der Waals surface area contributed by atoms with Gasteiger partial charge in [-0.15, -0.1) is 0 Å². The summed E-state index contributed by atoms with van der Waals surface area (Å²) >= 11 is 1.38. The number of hydrogen-bond donors (Lipinski definition) is 1. The molecular formula is C22H29N3O4S. The molecule has 0 bridgehead atoms. The number of nitrogens with one attached hydrogen (secondary N) is 1. The van der Waals surface area contributed by atoms with Gasteiger partial charge < -0.3 is 14.6 Å². The summed E-state index contributed by atoms with van der Waals surface area (Å²) in [6.07, 6.45) is 7.26. The third kappa shape index (κ3) is 5.93. The maximum Gasteiger partial charge on any atom is 0.251 e. The molecule has 0 radical (unpaired) electrons. The average molecular weight is 432 g/mol. The molecule has 1 aromatic heterocycles. The highest BCUT2D eigenvalue weighted by molar-refractivity contribution is 7.97. The summed E-state index contributed by atoms with van der Waals surface area (Å²) in [5.74, 6) is 0.162. The van der Waals surface area contributed by atoms with Crippen LogP contribution in [0.2, 0.25) is 0 Å². The first kappa shape index (κ1) is 22.5. The minimum atomic E-state index is -0.922. The van der Waals surface area contributed by atoms with Crippen molar-refractivity contribution in [2.45, 2.75) is 63.0 Å². The van der Waals surface area contributed by atoms with Crippen LogP contribution in [0, 0.1) is 0 Å². The molecule has 0 saturated carbocycles. The molecular weight excluding hydrogens is 402 g/mol. The fourth-order valence-corrected chi connectivity index (χ4v) is 4.36. The zero-order chi connectivity index (χ0) is 21.3. The van der Waals surface area contributed by atoms with Crippen LogP contribution in [0.25, 0.3) is 0 Å². The fraction of sp³-hybridized carbons (Fsp3) is 0.500. The Balaban J connectivity index is 1.45. The molecule has 8 heteroatoms. The van der Waals surface area contributed by atoms with Crippen LogP contribution in [0.15, 0.2) is 39.8 Å². The van der Waals surface area contributed by atoms with Crippen molar-refractivity contribution in [1.29, 1.82) is 0 Å². The minimum Gasteiger partial charge on any atom is -0.373 e. The summed E-state index contributed by atoms with van der Waals surface area (Å²) in [6.45, 7) is 3.19. The number of ketones is 1. The third-order valence-corrected chi connectivity index (χ3v) is 6.00. The Labute approximate surface area is 181 Å². The lowest BCUT2D eigenvalue weighted by atomic mass is 10.0. The van der Waals surface area contributed by atoms with Crippen LogP contribution in [0.1, 0.15) is 61.6 Å². The molecule has 1 atom stereocenters. The van der Waals surface area contributed by atoms with Gasteiger partial charge in [-0.1, -0.05) is 62.4 Å². The molecule has 162 valence electrons. The molecule has 1 N–H and O–H groups in total. The van der Waals surface area contributed by atoms with Gasteiger partial charge in [0.1, 0.15) is 6.61 Å². The van der Waals surface area contributed by atoms with Crippen LogP contribution in [0.4, 0.5) is 5.82 Å². The minimum absolute atomic E-state index is 0.227. The van der Waals surface area contributed by atoms with Gasteiger partial charge in [0.15, 0.2) is 23.4 Å². The van der Waals surface area contributed by atoms with E-state index in [4.69, 9.17) is 9.26 Å². The average Bonchev–Trinajstić information content (AvgIpc) is 3.17. The predicted molar refractivity (Wildman–Crippen MR) is 116 cm³/mol. The number of aromatic nitrogens is 1. The summed E-state index contributed by atoms with van der Waals surface area (Å²) in [7, 11) is 1.73. The van der Waals surface area contributed by atoms with Gasteiger partial charge in [-0.25, -0.2) is 4.31 Å². The highest BCUT2D eigenvalue weighted by Crippen LogP contribution is 2.34. The van der Waals surface area contributed by atoms with Crippen molar-refractivity contribution in [3.05, 3.63) is 41.7 Å². The van der Waals surface area contributed by atoms with Crippen LogP contribution in [-0.2, 0) is 16.1 Å². The van der Waals surface area contributed by atoms with E-state index in [0.717, 1.165) is 11.3 Å².